The van der Waals surface area contributed by atoms with Crippen molar-refractivity contribution in [2.45, 2.75) is 151 Å². The monoisotopic (exact) mass is 1230 g/mol. The van der Waals surface area contributed by atoms with Crippen molar-refractivity contribution in [2.75, 3.05) is 45.9 Å². The smallest absolute Gasteiger partial charge is 0.477 e. The second kappa shape index (κ2) is 38.4. The zero-order valence-electron chi connectivity index (χ0n) is 46.3. The molecule has 7 amide bonds. The number of carboxylic acids is 3. The Morgan fingerprint density at radius 3 is 1.27 bits per heavy atom. The van der Waals surface area contributed by atoms with Gasteiger partial charge in [0.25, 0.3) is 0 Å². The van der Waals surface area contributed by atoms with E-state index in [1.54, 1.807) is 0 Å². The molecule has 24 N–H and O–H groups in total. The molecule has 2 rings (SSSR count). The Balaban J connectivity index is 0.00000483. The van der Waals surface area contributed by atoms with Crippen LogP contribution < -0.4 is 65.9 Å². The molecule has 38 heteroatoms. The number of ether oxygens (including phenoxy) is 4. The molecule has 0 radical (unpaired) electrons. The van der Waals surface area contributed by atoms with Crippen LogP contribution in [-0.2, 0) is 57.3 Å². The molecule has 0 saturated carbocycles. The van der Waals surface area contributed by atoms with Crippen molar-refractivity contribution in [3.05, 3.63) is 23.7 Å². The normalized spacial score (nSPS) is 19.7. The van der Waals surface area contributed by atoms with E-state index in [1.807, 2.05) is 0 Å². The number of aliphatic hydroxyl groups excluding tert-OH is 4. The van der Waals surface area contributed by atoms with E-state index >= 15 is 0 Å². The van der Waals surface area contributed by atoms with Crippen molar-refractivity contribution in [1.82, 2.24) is 37.2 Å². The highest BCUT2D eigenvalue weighted by Crippen LogP contribution is 2.28. The summed E-state index contributed by atoms with van der Waals surface area (Å²) in [5.74, 6) is -10.8. The Bertz CT molecular complexity index is 2380. The quantitative estimate of drug-likeness (QED) is 0.0162. The van der Waals surface area contributed by atoms with Gasteiger partial charge in [-0.2, -0.15) is 13.2 Å². The summed E-state index contributed by atoms with van der Waals surface area (Å²) >= 11 is 0. The molecule has 0 aliphatic carbocycles. The van der Waals surface area contributed by atoms with E-state index in [0.29, 0.717) is 57.9 Å². The van der Waals surface area contributed by atoms with Crippen LogP contribution in [0.5, 0.6) is 0 Å². The first-order valence-corrected chi connectivity index (χ1v) is 26.1. The average molecular weight is 1230 g/mol. The Hall–Kier alpha value is -8.49. The van der Waals surface area contributed by atoms with E-state index in [2.05, 4.69) is 47.2 Å². The molecule has 0 saturated heterocycles. The third-order valence-electron chi connectivity index (χ3n) is 11.7. The summed E-state index contributed by atoms with van der Waals surface area (Å²) in [6.07, 6.45) is -10.8. The van der Waals surface area contributed by atoms with Gasteiger partial charge < -0.3 is 121 Å². The molecule has 0 bridgehead atoms. The minimum Gasteiger partial charge on any atom is -0.477 e. The van der Waals surface area contributed by atoms with Crippen molar-refractivity contribution < 1.29 is 116 Å². The maximum atomic E-state index is 12.8. The second-order valence-electron chi connectivity index (χ2n) is 18.7. The van der Waals surface area contributed by atoms with Crippen LogP contribution in [-0.4, -0.2) is 226 Å². The lowest BCUT2D eigenvalue weighted by Crippen LogP contribution is -2.61. The summed E-state index contributed by atoms with van der Waals surface area (Å²) in [5, 5.41) is 84.6. The van der Waals surface area contributed by atoms with Gasteiger partial charge in [-0.3, -0.25) is 24.0 Å². The number of carboxylic acid groups (broad SMARTS) is 3. The van der Waals surface area contributed by atoms with Gasteiger partial charge >= 0.3 is 36.3 Å². The Labute approximate surface area is 483 Å². The van der Waals surface area contributed by atoms with E-state index in [4.69, 9.17) is 57.5 Å². The second-order valence-corrected chi connectivity index (χ2v) is 18.7. The number of nitrogens with zero attached hydrogens (tertiary/aromatic N) is 2. The van der Waals surface area contributed by atoms with Gasteiger partial charge in [-0.25, -0.2) is 34.0 Å². The van der Waals surface area contributed by atoms with E-state index in [0.717, 1.165) is 26.0 Å². The molecule has 0 fully saturated rings. The molecule has 482 valence electrons. The van der Waals surface area contributed by atoms with Gasteiger partial charge in [0.15, 0.2) is 36.3 Å². The lowest BCUT2D eigenvalue weighted by Gasteiger charge is -2.39. The molecular formula is C47H77F3N14O21. The van der Waals surface area contributed by atoms with Gasteiger partial charge in [0.1, 0.15) is 12.2 Å². The molecule has 11 atom stereocenters. The highest BCUT2D eigenvalue weighted by molar-refractivity contribution is 5.88. The maximum Gasteiger partial charge on any atom is 0.490 e. The zero-order valence-corrected chi connectivity index (χ0v) is 46.3. The fourth-order valence-electron chi connectivity index (χ4n) is 7.77. The Morgan fingerprint density at radius 1 is 0.600 bits per heavy atom. The number of amides is 7. The number of unbranched alkanes of at least 4 members (excludes halogenated alkanes) is 6. The summed E-state index contributed by atoms with van der Waals surface area (Å²) < 4.78 is 53.4. The Kier molecular flexibility index (Phi) is 33.7. The fourth-order valence-corrected chi connectivity index (χ4v) is 7.77. The number of hydrogen-bond donors (Lipinski definition) is 19. The first-order chi connectivity index (χ1) is 39.8. The molecule has 0 aromatic carbocycles. The van der Waals surface area contributed by atoms with E-state index < -0.39 is 163 Å². The lowest BCUT2D eigenvalue weighted by atomic mass is 9.92. The van der Waals surface area contributed by atoms with Gasteiger partial charge in [0.05, 0.1) is 50.0 Å². The third kappa shape index (κ3) is 29.5. The van der Waals surface area contributed by atoms with E-state index in [1.165, 1.54) is 0 Å². The molecular weight excluding hydrogens is 1150 g/mol. The SMILES string of the molecule is CC(=O)N[C@H]1[C@H]([C@H](OC(=O)NCCCCCCNC(=O)CC[C@@H](N)C(=O)NCC(=O)NCCCCCCNC(=O)O[C@@H]([C@@H]2OC(C(=O)O)=C[C@H](N=C(N)N)[C@H]2NC(C)=O)[C@H](O)CO)[C@H](O)CO)OC(C(=O)O)=C[C@@H]1N=C(N)N.O=C(O)C(F)(F)F. The van der Waals surface area contributed by atoms with Crippen molar-refractivity contribution in [2.24, 2.45) is 38.7 Å². The first-order valence-electron chi connectivity index (χ1n) is 26.1. The standard InChI is InChI=1S/C45H76N14O19.C2HF3O2/c1-22(62)56-33-25(58-42(47)48)17-29(40(69)70)75-37(33)35(27(64)20-60)77-44(73)53-15-9-5-3-7-13-51-31(66)12-11-24(46)39(68)55-19-32(67)52-14-8-4-6-10-16-54-45(74)78-36(28(65)21-61)38-34(57-23(2)63)26(59-43(49)50)18-30(76-38)41(71)72;3-2(4,5)1(6)7/h17-18,24-28,33-38,60-61,64-65H,3-16,19-21,46H2,1-2H3,(H,51,66)(H,52,67)(H,53,73)(H,54,74)(H,55,68)(H,56,62)(H,57,63)(H,69,70)(H,71,72)(H4,47,48,58)(H4,49,50,59);(H,6,7)/t24-,25+,26+,27-,28-,33-,34-,35-,36-,37-,38-;/m1./s1. The number of halogens is 3. The first kappa shape index (κ1) is 74.5. The fraction of sp³-hybridized carbons (Fsp3) is 0.660. The summed E-state index contributed by atoms with van der Waals surface area (Å²) in [5.41, 5.74) is 27.9. The number of alkyl carbamates (subject to hydrolysis) is 2. The predicted molar refractivity (Wildman–Crippen MR) is 285 cm³/mol. The van der Waals surface area contributed by atoms with Crippen LogP contribution in [0.2, 0.25) is 0 Å². The van der Waals surface area contributed by atoms with E-state index in [9.17, 15) is 87.0 Å². The van der Waals surface area contributed by atoms with Crippen LogP contribution in [0.25, 0.3) is 0 Å². The number of nitrogens with one attached hydrogen (secondary N) is 7. The van der Waals surface area contributed by atoms with Crippen molar-refractivity contribution >= 4 is 71.5 Å². The molecule has 0 unspecified atom stereocenters. The van der Waals surface area contributed by atoms with Gasteiger partial charge in [0.2, 0.25) is 41.1 Å². The number of guanidine groups is 2. The number of aliphatic imine (C=N–C) groups is 2. The predicted octanol–water partition coefficient (Wildman–Crippen LogP) is -5.88. The van der Waals surface area contributed by atoms with Crippen LogP contribution in [0.15, 0.2) is 33.7 Å². The number of carbonyl (C=O) groups is 10. The Morgan fingerprint density at radius 2 is 0.953 bits per heavy atom. The number of nitrogens with two attached hydrogens (primary N) is 5. The molecule has 2 aliphatic rings. The lowest BCUT2D eigenvalue weighted by molar-refractivity contribution is -0.192. The van der Waals surface area contributed by atoms with Gasteiger partial charge in [0, 0.05) is 46.4 Å². The minimum atomic E-state index is -5.08. The van der Waals surface area contributed by atoms with Crippen LogP contribution in [0.3, 0.4) is 0 Å². The summed E-state index contributed by atoms with van der Waals surface area (Å²) in [7, 11) is 0. The van der Waals surface area contributed by atoms with Crippen LogP contribution >= 0.6 is 0 Å². The van der Waals surface area contributed by atoms with Crippen LogP contribution in [0, 0.1) is 0 Å². The van der Waals surface area contributed by atoms with Crippen molar-refractivity contribution in [1.29, 1.82) is 0 Å². The molecule has 35 nitrogen and oxygen atoms in total. The topological polar surface area (TPSA) is 588 Å². The number of rotatable bonds is 34. The largest absolute Gasteiger partial charge is 0.490 e. The number of carbonyl (C=O) groups excluding carboxylic acids is 7. The van der Waals surface area contributed by atoms with Crippen molar-refractivity contribution in [3.8, 4) is 0 Å². The molecule has 0 aromatic rings. The minimum absolute atomic E-state index is 0.00437. The number of aliphatic hydroxyl groups is 4. The highest BCUT2D eigenvalue weighted by Gasteiger charge is 2.48. The number of hydrogen-bond acceptors (Lipinski definition) is 21. The van der Waals surface area contributed by atoms with Crippen LogP contribution in [0.1, 0.15) is 78.1 Å². The van der Waals surface area contributed by atoms with Crippen LogP contribution in [0.4, 0.5) is 22.8 Å². The van der Waals surface area contributed by atoms with Crippen molar-refractivity contribution in [3.63, 3.8) is 0 Å². The molecule has 0 aromatic heterocycles. The van der Waals surface area contributed by atoms with Gasteiger partial charge in [-0.15, -0.1) is 0 Å². The molecule has 85 heavy (non-hydrogen) atoms. The summed E-state index contributed by atoms with van der Waals surface area (Å²) in [6, 6.07) is -5.98. The zero-order chi connectivity index (χ0) is 64.6. The molecule has 2 heterocycles. The third-order valence-corrected chi connectivity index (χ3v) is 11.7. The molecule has 2 aliphatic heterocycles. The van der Waals surface area contributed by atoms with Gasteiger partial charge in [-0.05, 0) is 44.3 Å². The average Bonchev–Trinajstić information content (AvgIpc) is 1.52. The van der Waals surface area contributed by atoms with E-state index in [-0.39, 0.29) is 44.9 Å². The highest BCUT2D eigenvalue weighted by atomic mass is 19.4. The maximum absolute atomic E-state index is 12.8. The summed E-state index contributed by atoms with van der Waals surface area (Å²) in [4.78, 5) is 127. The molecule has 0 spiro atoms. The van der Waals surface area contributed by atoms with Gasteiger partial charge in [-0.1, -0.05) is 25.7 Å². The number of alkyl halides is 3. The number of aliphatic carboxylic acids is 3. The summed E-state index contributed by atoms with van der Waals surface area (Å²) in [6.45, 7) is 0.853.